The molecule has 0 fully saturated rings. The molecule has 4 nitrogen and oxygen atoms in total. The van der Waals surface area contributed by atoms with Crippen LogP contribution >= 0.6 is 23.4 Å². The van der Waals surface area contributed by atoms with Gasteiger partial charge in [-0.25, -0.2) is 4.39 Å². The van der Waals surface area contributed by atoms with E-state index in [0.29, 0.717) is 11.4 Å². The number of benzene rings is 2. The molecule has 0 saturated carbocycles. The largest absolute Gasteiger partial charge is 0.325 e. The number of nitrogens with one attached hydrogen (secondary N) is 2. The quantitative estimate of drug-likeness (QED) is 0.809. The Hall–Kier alpha value is -2.05. The summed E-state index contributed by atoms with van der Waals surface area (Å²) in [7, 11) is 0. The molecule has 0 heterocycles. The minimum Gasteiger partial charge on any atom is -0.325 e. The summed E-state index contributed by atoms with van der Waals surface area (Å²) in [6.07, 6.45) is 0. The summed E-state index contributed by atoms with van der Waals surface area (Å²) in [5.74, 6) is -0.721. The lowest BCUT2D eigenvalue weighted by Crippen LogP contribution is -2.18. The molecule has 0 bridgehead atoms. The molecular weight excluding hydrogens is 351 g/mol. The Bertz CT molecular complexity index is 738. The molecule has 0 aliphatic carbocycles. The van der Waals surface area contributed by atoms with E-state index in [4.69, 9.17) is 11.6 Å². The van der Waals surface area contributed by atoms with Crippen LogP contribution in [0.25, 0.3) is 0 Å². The van der Waals surface area contributed by atoms with Gasteiger partial charge in [0.1, 0.15) is 5.82 Å². The highest BCUT2D eigenvalue weighted by Crippen LogP contribution is 2.22. The summed E-state index contributed by atoms with van der Waals surface area (Å²) in [5.41, 5.74) is 2.17. The molecule has 126 valence electrons. The van der Waals surface area contributed by atoms with Crippen molar-refractivity contribution in [2.45, 2.75) is 6.92 Å². The number of hydrogen-bond donors (Lipinski definition) is 2. The Morgan fingerprint density at radius 1 is 1.04 bits per heavy atom. The second-order valence-electron chi connectivity index (χ2n) is 5.08. The number of carbonyl (C=O) groups is 2. The van der Waals surface area contributed by atoms with Gasteiger partial charge in [0.25, 0.3) is 0 Å². The summed E-state index contributed by atoms with van der Waals surface area (Å²) in [5, 5.41) is 5.46. The van der Waals surface area contributed by atoms with Gasteiger partial charge in [-0.05, 0) is 37.3 Å². The molecule has 0 atom stereocenters. The third-order valence-corrected chi connectivity index (χ3v) is 4.25. The minimum atomic E-state index is -0.472. The Morgan fingerprint density at radius 3 is 2.29 bits per heavy atom. The SMILES string of the molecule is Cc1ccc(NC(=O)CSCC(=O)Nc2ccc(F)cc2Cl)cc1. The van der Waals surface area contributed by atoms with Gasteiger partial charge in [-0.1, -0.05) is 29.3 Å². The topological polar surface area (TPSA) is 58.2 Å². The fraction of sp³-hybridized carbons (Fsp3) is 0.176. The van der Waals surface area contributed by atoms with Crippen LogP contribution in [0.4, 0.5) is 15.8 Å². The maximum atomic E-state index is 12.9. The van der Waals surface area contributed by atoms with Crippen molar-refractivity contribution in [3.63, 3.8) is 0 Å². The van der Waals surface area contributed by atoms with Crippen LogP contribution in [0.3, 0.4) is 0 Å². The molecule has 0 spiro atoms. The zero-order valence-electron chi connectivity index (χ0n) is 12.9. The van der Waals surface area contributed by atoms with Gasteiger partial charge < -0.3 is 10.6 Å². The van der Waals surface area contributed by atoms with Crippen LogP contribution in [0.1, 0.15) is 5.56 Å². The lowest BCUT2D eigenvalue weighted by atomic mass is 10.2. The van der Waals surface area contributed by atoms with E-state index in [0.717, 1.165) is 11.6 Å². The molecule has 2 aromatic carbocycles. The van der Waals surface area contributed by atoms with Gasteiger partial charge in [-0.2, -0.15) is 0 Å². The lowest BCUT2D eigenvalue weighted by molar-refractivity contribution is -0.114. The van der Waals surface area contributed by atoms with Crippen molar-refractivity contribution in [3.8, 4) is 0 Å². The van der Waals surface area contributed by atoms with Crippen LogP contribution in [0, 0.1) is 12.7 Å². The first kappa shape index (κ1) is 18.3. The third kappa shape index (κ3) is 5.86. The normalized spacial score (nSPS) is 10.3. The molecule has 0 saturated heterocycles. The molecule has 0 unspecified atom stereocenters. The maximum Gasteiger partial charge on any atom is 0.234 e. The average Bonchev–Trinajstić information content (AvgIpc) is 2.52. The van der Waals surface area contributed by atoms with Crippen molar-refractivity contribution >= 4 is 46.6 Å². The lowest BCUT2D eigenvalue weighted by Gasteiger charge is -2.08. The van der Waals surface area contributed by atoms with E-state index in [-0.39, 0.29) is 28.3 Å². The number of carbonyl (C=O) groups excluding carboxylic acids is 2. The number of amides is 2. The number of halogens is 2. The highest BCUT2D eigenvalue weighted by atomic mass is 35.5. The van der Waals surface area contributed by atoms with Crippen LogP contribution in [0.5, 0.6) is 0 Å². The van der Waals surface area contributed by atoms with Crippen molar-refractivity contribution in [3.05, 3.63) is 58.9 Å². The van der Waals surface area contributed by atoms with Crippen LogP contribution in [-0.4, -0.2) is 23.3 Å². The fourth-order valence-electron chi connectivity index (χ4n) is 1.85. The Morgan fingerprint density at radius 2 is 1.67 bits per heavy atom. The molecular formula is C17H16ClFN2O2S. The van der Waals surface area contributed by atoms with Gasteiger partial charge in [-0.15, -0.1) is 11.8 Å². The van der Waals surface area contributed by atoms with Gasteiger partial charge in [0.15, 0.2) is 0 Å². The number of anilines is 2. The van der Waals surface area contributed by atoms with E-state index in [2.05, 4.69) is 10.6 Å². The number of aryl methyl sites for hydroxylation is 1. The number of thioether (sulfide) groups is 1. The second-order valence-corrected chi connectivity index (χ2v) is 6.47. The van der Waals surface area contributed by atoms with Gasteiger partial charge in [0, 0.05) is 5.69 Å². The first-order valence-electron chi connectivity index (χ1n) is 7.13. The molecule has 2 amide bonds. The van der Waals surface area contributed by atoms with E-state index in [1.54, 1.807) is 0 Å². The average molecular weight is 367 g/mol. The molecule has 0 aliphatic rings. The standard InChI is InChI=1S/C17H16ClFN2O2S/c1-11-2-5-13(6-3-11)20-16(22)9-24-10-17(23)21-15-7-4-12(19)8-14(15)18/h2-8H,9-10H2,1H3,(H,20,22)(H,21,23). The monoisotopic (exact) mass is 366 g/mol. The molecule has 0 radical (unpaired) electrons. The van der Waals surface area contributed by atoms with Gasteiger partial charge in [0.05, 0.1) is 22.2 Å². The zero-order valence-corrected chi connectivity index (χ0v) is 14.5. The van der Waals surface area contributed by atoms with Crippen molar-refractivity contribution in [1.29, 1.82) is 0 Å². The first-order chi connectivity index (χ1) is 11.4. The highest BCUT2D eigenvalue weighted by Gasteiger charge is 2.09. The minimum absolute atomic E-state index is 0.0923. The van der Waals surface area contributed by atoms with Crippen molar-refractivity contribution in [1.82, 2.24) is 0 Å². The first-order valence-corrected chi connectivity index (χ1v) is 8.66. The van der Waals surface area contributed by atoms with E-state index in [1.807, 2.05) is 31.2 Å². The Labute approximate surface area is 148 Å². The van der Waals surface area contributed by atoms with Crippen LogP contribution < -0.4 is 10.6 Å². The molecule has 2 aromatic rings. The van der Waals surface area contributed by atoms with Crippen molar-refractivity contribution in [2.24, 2.45) is 0 Å². The maximum absolute atomic E-state index is 12.9. The van der Waals surface area contributed by atoms with Crippen molar-refractivity contribution in [2.75, 3.05) is 22.1 Å². The number of hydrogen-bond acceptors (Lipinski definition) is 3. The van der Waals surface area contributed by atoms with Gasteiger partial charge >= 0.3 is 0 Å². The Kier molecular flexibility index (Phi) is 6.63. The third-order valence-electron chi connectivity index (χ3n) is 3.01. The van der Waals surface area contributed by atoms with E-state index in [1.165, 1.54) is 23.9 Å². The summed E-state index contributed by atoms with van der Waals surface area (Å²) < 4.78 is 12.9. The smallest absolute Gasteiger partial charge is 0.234 e. The molecule has 7 heteroatoms. The van der Waals surface area contributed by atoms with E-state index in [9.17, 15) is 14.0 Å². The molecule has 24 heavy (non-hydrogen) atoms. The molecule has 2 rings (SSSR count). The van der Waals surface area contributed by atoms with E-state index >= 15 is 0 Å². The molecule has 2 N–H and O–H groups in total. The summed E-state index contributed by atoms with van der Waals surface area (Å²) in [6, 6.07) is 11.2. The molecule has 0 aromatic heterocycles. The highest BCUT2D eigenvalue weighted by molar-refractivity contribution is 8.00. The Balaban J connectivity index is 1.73. The summed E-state index contributed by atoms with van der Waals surface area (Å²) in [6.45, 7) is 1.97. The van der Waals surface area contributed by atoms with Crippen LogP contribution in [-0.2, 0) is 9.59 Å². The number of rotatable bonds is 6. The van der Waals surface area contributed by atoms with Crippen molar-refractivity contribution < 1.29 is 14.0 Å². The van der Waals surface area contributed by atoms with E-state index < -0.39 is 5.82 Å². The molecule has 0 aliphatic heterocycles. The predicted octanol–water partition coefficient (Wildman–Crippen LogP) is 4.10. The van der Waals surface area contributed by atoms with Crippen LogP contribution in [0.15, 0.2) is 42.5 Å². The van der Waals surface area contributed by atoms with Gasteiger partial charge in [-0.3, -0.25) is 9.59 Å². The summed E-state index contributed by atoms with van der Waals surface area (Å²) in [4.78, 5) is 23.6. The van der Waals surface area contributed by atoms with Crippen LogP contribution in [0.2, 0.25) is 5.02 Å². The fourth-order valence-corrected chi connectivity index (χ4v) is 2.68. The zero-order chi connectivity index (χ0) is 17.5. The second kappa shape index (κ2) is 8.70. The van der Waals surface area contributed by atoms with Gasteiger partial charge in [0.2, 0.25) is 11.8 Å². The summed E-state index contributed by atoms with van der Waals surface area (Å²) >= 11 is 7.01. The predicted molar refractivity (Wildman–Crippen MR) is 97.2 cm³/mol.